The van der Waals surface area contributed by atoms with Crippen molar-refractivity contribution in [2.75, 3.05) is 19.6 Å². The van der Waals surface area contributed by atoms with Crippen molar-refractivity contribution in [3.8, 4) is 0 Å². The zero-order valence-electron chi connectivity index (χ0n) is 14.7. The normalized spacial score (nSPS) is 17.8. The molecular formula is C18H27N5O2. The van der Waals surface area contributed by atoms with Crippen LogP contribution in [0, 0.1) is 0 Å². The summed E-state index contributed by atoms with van der Waals surface area (Å²) < 4.78 is 7.42. The number of urea groups is 1. The number of hydrogen-bond acceptors (Lipinski definition) is 4. The second-order valence-electron chi connectivity index (χ2n) is 6.61. The van der Waals surface area contributed by atoms with E-state index in [-0.39, 0.29) is 18.1 Å². The van der Waals surface area contributed by atoms with E-state index in [0.29, 0.717) is 13.1 Å². The lowest BCUT2D eigenvalue weighted by Gasteiger charge is -2.33. The zero-order valence-corrected chi connectivity index (χ0v) is 14.7. The van der Waals surface area contributed by atoms with E-state index in [4.69, 9.17) is 4.42 Å². The largest absolute Gasteiger partial charge is 0.468 e. The second kappa shape index (κ2) is 8.71. The van der Waals surface area contributed by atoms with Crippen LogP contribution < -0.4 is 10.6 Å². The van der Waals surface area contributed by atoms with Gasteiger partial charge in [-0.3, -0.25) is 9.58 Å². The van der Waals surface area contributed by atoms with E-state index in [1.165, 1.54) is 19.3 Å². The van der Waals surface area contributed by atoms with E-state index in [2.05, 4.69) is 20.6 Å². The van der Waals surface area contributed by atoms with Crippen molar-refractivity contribution in [2.24, 2.45) is 0 Å². The van der Waals surface area contributed by atoms with Crippen LogP contribution in [0.15, 0.2) is 41.3 Å². The van der Waals surface area contributed by atoms with Gasteiger partial charge in [-0.25, -0.2) is 4.79 Å². The summed E-state index contributed by atoms with van der Waals surface area (Å²) in [7, 11) is 0. The van der Waals surface area contributed by atoms with Gasteiger partial charge in [0.2, 0.25) is 0 Å². The molecule has 1 fully saturated rings. The number of nitrogens with one attached hydrogen (secondary N) is 2. The van der Waals surface area contributed by atoms with Crippen LogP contribution in [0.2, 0.25) is 0 Å². The summed E-state index contributed by atoms with van der Waals surface area (Å²) in [5.41, 5.74) is 0. The number of hydrogen-bond donors (Lipinski definition) is 2. The molecule has 1 saturated heterocycles. The molecule has 0 aliphatic carbocycles. The van der Waals surface area contributed by atoms with Gasteiger partial charge in [-0.2, -0.15) is 5.10 Å². The number of rotatable bonds is 7. The van der Waals surface area contributed by atoms with Gasteiger partial charge in [0.1, 0.15) is 5.76 Å². The highest BCUT2D eigenvalue weighted by Gasteiger charge is 2.25. The first-order valence-electron chi connectivity index (χ1n) is 9.01. The third-order valence-electron chi connectivity index (χ3n) is 4.56. The summed E-state index contributed by atoms with van der Waals surface area (Å²) in [5.74, 6) is 0.909. The maximum Gasteiger partial charge on any atom is 0.315 e. The molecule has 0 unspecified atom stereocenters. The van der Waals surface area contributed by atoms with Crippen molar-refractivity contribution in [3.05, 3.63) is 42.6 Å². The van der Waals surface area contributed by atoms with Gasteiger partial charge in [-0.1, -0.05) is 6.42 Å². The third-order valence-corrected chi connectivity index (χ3v) is 4.56. The van der Waals surface area contributed by atoms with Gasteiger partial charge in [-0.05, 0) is 51.1 Å². The monoisotopic (exact) mass is 345 g/mol. The smallest absolute Gasteiger partial charge is 0.315 e. The Bertz CT molecular complexity index is 620. The predicted octanol–water partition coefficient (Wildman–Crippen LogP) is 2.39. The number of furan rings is 1. The Morgan fingerprint density at radius 3 is 2.84 bits per heavy atom. The summed E-state index contributed by atoms with van der Waals surface area (Å²) >= 11 is 0. The molecular weight excluding hydrogens is 318 g/mol. The Hall–Kier alpha value is -2.28. The van der Waals surface area contributed by atoms with Crippen molar-refractivity contribution in [1.82, 2.24) is 25.3 Å². The Balaban J connectivity index is 1.50. The zero-order chi connectivity index (χ0) is 17.5. The predicted molar refractivity (Wildman–Crippen MR) is 95.1 cm³/mol. The van der Waals surface area contributed by atoms with E-state index < -0.39 is 0 Å². The van der Waals surface area contributed by atoms with Crippen molar-refractivity contribution in [2.45, 2.75) is 44.8 Å². The molecule has 136 valence electrons. The number of piperidine rings is 1. The van der Waals surface area contributed by atoms with E-state index in [1.54, 1.807) is 12.5 Å². The van der Waals surface area contributed by atoms with Crippen LogP contribution in [0.25, 0.3) is 0 Å². The fourth-order valence-corrected chi connectivity index (χ4v) is 3.32. The second-order valence-corrected chi connectivity index (χ2v) is 6.61. The number of likely N-dealkylation sites (tertiary alicyclic amines) is 1. The summed E-state index contributed by atoms with van der Waals surface area (Å²) in [6.07, 6.45) is 8.99. The Labute approximate surface area is 148 Å². The van der Waals surface area contributed by atoms with Crippen LogP contribution in [0.3, 0.4) is 0 Å². The number of nitrogens with zero attached hydrogens (tertiary/aromatic N) is 3. The number of carbonyl (C=O) groups excluding carboxylic acids is 1. The quantitative estimate of drug-likeness (QED) is 0.808. The maximum absolute atomic E-state index is 12.2. The van der Waals surface area contributed by atoms with Crippen LogP contribution in [-0.4, -0.2) is 46.4 Å². The van der Waals surface area contributed by atoms with Gasteiger partial charge in [0.25, 0.3) is 0 Å². The molecule has 3 rings (SSSR count). The van der Waals surface area contributed by atoms with E-state index in [1.807, 2.05) is 36.0 Å². The Morgan fingerprint density at radius 1 is 1.32 bits per heavy atom. The van der Waals surface area contributed by atoms with Gasteiger partial charge < -0.3 is 15.1 Å². The molecule has 0 bridgehead atoms. The first kappa shape index (κ1) is 17.5. The molecule has 0 saturated carbocycles. The molecule has 3 heterocycles. The van der Waals surface area contributed by atoms with Gasteiger partial charge in [0.15, 0.2) is 0 Å². The molecule has 1 aliphatic heterocycles. The SMILES string of the molecule is C[C@@H](Cn1cccn1)NC(=O)NC[C@H](c1ccco1)N1CCCCC1. The average molecular weight is 345 g/mol. The minimum atomic E-state index is -0.159. The molecule has 7 heteroatoms. The van der Waals surface area contributed by atoms with Gasteiger partial charge in [-0.15, -0.1) is 0 Å². The lowest BCUT2D eigenvalue weighted by Crippen LogP contribution is -2.46. The van der Waals surface area contributed by atoms with Gasteiger partial charge >= 0.3 is 6.03 Å². The molecule has 25 heavy (non-hydrogen) atoms. The van der Waals surface area contributed by atoms with E-state index in [0.717, 1.165) is 18.8 Å². The lowest BCUT2D eigenvalue weighted by atomic mass is 10.1. The minimum Gasteiger partial charge on any atom is -0.468 e. The molecule has 2 amide bonds. The van der Waals surface area contributed by atoms with E-state index in [9.17, 15) is 4.79 Å². The van der Waals surface area contributed by atoms with Gasteiger partial charge in [0.05, 0.1) is 18.8 Å². The summed E-state index contributed by atoms with van der Waals surface area (Å²) in [6.45, 7) is 5.24. The highest BCUT2D eigenvalue weighted by Crippen LogP contribution is 2.24. The topological polar surface area (TPSA) is 75.3 Å². The summed E-state index contributed by atoms with van der Waals surface area (Å²) in [6, 6.07) is 5.68. The Kier molecular flexibility index (Phi) is 6.11. The van der Waals surface area contributed by atoms with Crippen molar-refractivity contribution >= 4 is 6.03 Å². The first-order chi connectivity index (χ1) is 12.2. The fraction of sp³-hybridized carbons (Fsp3) is 0.556. The van der Waals surface area contributed by atoms with E-state index >= 15 is 0 Å². The molecule has 1 aliphatic rings. The van der Waals surface area contributed by atoms with Crippen molar-refractivity contribution in [3.63, 3.8) is 0 Å². The average Bonchev–Trinajstić information content (AvgIpc) is 3.30. The number of carbonyl (C=O) groups is 1. The highest BCUT2D eigenvalue weighted by atomic mass is 16.3. The minimum absolute atomic E-state index is 0.00282. The molecule has 2 aromatic heterocycles. The molecule has 0 spiro atoms. The molecule has 0 radical (unpaired) electrons. The van der Waals surface area contributed by atoms with Gasteiger partial charge in [0, 0.05) is 25.0 Å². The number of amides is 2. The van der Waals surface area contributed by atoms with Crippen LogP contribution in [0.1, 0.15) is 38.0 Å². The van der Waals surface area contributed by atoms with Crippen LogP contribution in [0.4, 0.5) is 4.79 Å². The highest BCUT2D eigenvalue weighted by molar-refractivity contribution is 5.74. The standard InChI is InChI=1S/C18H27N5O2/c1-15(14-23-11-6-8-20-23)21-18(24)19-13-16(17-7-5-12-25-17)22-9-3-2-4-10-22/h5-8,11-12,15-16H,2-4,9-10,13-14H2,1H3,(H2,19,21,24)/t15-,16+/m0/s1. The van der Waals surface area contributed by atoms with Crippen LogP contribution in [0.5, 0.6) is 0 Å². The molecule has 7 nitrogen and oxygen atoms in total. The lowest BCUT2D eigenvalue weighted by molar-refractivity contribution is 0.143. The maximum atomic E-state index is 12.2. The van der Waals surface area contributed by atoms with Crippen molar-refractivity contribution < 1.29 is 9.21 Å². The Morgan fingerprint density at radius 2 is 2.16 bits per heavy atom. The summed E-state index contributed by atoms with van der Waals surface area (Å²) in [4.78, 5) is 14.6. The third kappa shape index (κ3) is 5.09. The molecule has 2 atom stereocenters. The first-order valence-corrected chi connectivity index (χ1v) is 9.01. The van der Waals surface area contributed by atoms with Crippen molar-refractivity contribution in [1.29, 1.82) is 0 Å². The molecule has 0 aromatic carbocycles. The van der Waals surface area contributed by atoms with Crippen LogP contribution in [-0.2, 0) is 6.54 Å². The molecule has 2 N–H and O–H groups in total. The summed E-state index contributed by atoms with van der Waals surface area (Å²) in [5, 5.41) is 10.1. The fourth-order valence-electron chi connectivity index (χ4n) is 3.32. The number of aromatic nitrogens is 2. The van der Waals surface area contributed by atoms with Crippen LogP contribution >= 0.6 is 0 Å². The molecule has 2 aromatic rings.